The Kier molecular flexibility index (Phi) is 6.07. The summed E-state index contributed by atoms with van der Waals surface area (Å²) in [4.78, 5) is 17.0. The van der Waals surface area contributed by atoms with Gasteiger partial charge in [0.2, 0.25) is 0 Å². The van der Waals surface area contributed by atoms with Crippen LogP contribution < -0.4 is 5.56 Å². The minimum atomic E-state index is -4.65. The van der Waals surface area contributed by atoms with E-state index in [9.17, 15) is 26.7 Å². The van der Waals surface area contributed by atoms with Crippen molar-refractivity contribution in [3.63, 3.8) is 0 Å². The van der Waals surface area contributed by atoms with Crippen molar-refractivity contribution in [3.8, 4) is 5.82 Å². The summed E-state index contributed by atoms with van der Waals surface area (Å²) in [6.45, 7) is -0.509. The molecule has 0 unspecified atom stereocenters. The standard InChI is InChI=1S/C21H20F5N5O/c22-19(23)16-8-10-30(28-16)18-11-14(13-5-2-1-3-6-13)20(32)31(29-18)12-17-15(21(24,25)26)7-4-9-27-17/h4,7-11,13,19H,1-3,5-6,12H2. The lowest BCUT2D eigenvalue weighted by atomic mass is 9.85. The molecule has 3 heterocycles. The Morgan fingerprint density at radius 2 is 1.84 bits per heavy atom. The van der Waals surface area contributed by atoms with E-state index in [1.54, 1.807) is 0 Å². The van der Waals surface area contributed by atoms with E-state index in [1.807, 2.05) is 0 Å². The zero-order chi connectivity index (χ0) is 22.9. The van der Waals surface area contributed by atoms with Gasteiger partial charge in [-0.05, 0) is 43.0 Å². The van der Waals surface area contributed by atoms with Crippen molar-refractivity contribution in [2.75, 3.05) is 0 Å². The van der Waals surface area contributed by atoms with Crippen LogP contribution in [0, 0.1) is 0 Å². The average molecular weight is 453 g/mol. The summed E-state index contributed by atoms with van der Waals surface area (Å²) in [5.41, 5.74) is -1.89. The lowest BCUT2D eigenvalue weighted by Crippen LogP contribution is -2.31. The molecule has 4 rings (SSSR count). The molecule has 1 fully saturated rings. The molecule has 1 saturated carbocycles. The molecule has 0 N–H and O–H groups in total. The van der Waals surface area contributed by atoms with E-state index in [0.29, 0.717) is 5.56 Å². The Hall–Kier alpha value is -3.11. The van der Waals surface area contributed by atoms with E-state index in [1.165, 1.54) is 24.5 Å². The van der Waals surface area contributed by atoms with Gasteiger partial charge in [-0.3, -0.25) is 9.78 Å². The first-order chi connectivity index (χ1) is 15.2. The van der Waals surface area contributed by atoms with Crippen LogP contribution in [0.2, 0.25) is 0 Å². The monoisotopic (exact) mass is 453 g/mol. The van der Waals surface area contributed by atoms with Crippen molar-refractivity contribution in [2.24, 2.45) is 0 Å². The Labute approximate surface area is 179 Å². The van der Waals surface area contributed by atoms with Crippen molar-refractivity contribution < 1.29 is 22.0 Å². The van der Waals surface area contributed by atoms with E-state index in [4.69, 9.17) is 0 Å². The molecular formula is C21H20F5N5O. The van der Waals surface area contributed by atoms with E-state index < -0.39 is 36.0 Å². The van der Waals surface area contributed by atoms with Crippen molar-refractivity contribution in [2.45, 2.75) is 57.2 Å². The third-order valence-corrected chi connectivity index (χ3v) is 5.60. The second-order valence-electron chi connectivity index (χ2n) is 7.74. The maximum Gasteiger partial charge on any atom is 0.418 e. The molecular weight excluding hydrogens is 433 g/mol. The molecule has 3 aromatic heterocycles. The van der Waals surface area contributed by atoms with Crippen molar-refractivity contribution in [3.05, 3.63) is 69.5 Å². The van der Waals surface area contributed by atoms with Gasteiger partial charge in [0.1, 0.15) is 5.69 Å². The molecule has 3 aromatic rings. The smallest absolute Gasteiger partial charge is 0.267 e. The van der Waals surface area contributed by atoms with Gasteiger partial charge in [-0.1, -0.05) is 19.3 Å². The summed E-state index contributed by atoms with van der Waals surface area (Å²) in [5, 5.41) is 7.94. The first-order valence-corrected chi connectivity index (χ1v) is 10.2. The molecule has 0 aliphatic heterocycles. The molecule has 0 aromatic carbocycles. The molecule has 0 saturated heterocycles. The van der Waals surface area contributed by atoms with Gasteiger partial charge in [-0.15, -0.1) is 5.10 Å². The second kappa shape index (κ2) is 8.79. The fourth-order valence-electron chi connectivity index (χ4n) is 4.02. The molecule has 0 radical (unpaired) electrons. The first-order valence-electron chi connectivity index (χ1n) is 10.2. The third kappa shape index (κ3) is 4.56. The lowest BCUT2D eigenvalue weighted by Gasteiger charge is -2.22. The van der Waals surface area contributed by atoms with E-state index in [-0.39, 0.29) is 17.4 Å². The van der Waals surface area contributed by atoms with Crippen molar-refractivity contribution in [1.82, 2.24) is 24.5 Å². The Bertz CT molecular complexity index is 1150. The molecule has 32 heavy (non-hydrogen) atoms. The van der Waals surface area contributed by atoms with Crippen LogP contribution >= 0.6 is 0 Å². The summed E-state index contributed by atoms with van der Waals surface area (Å²) in [6.07, 6.45) is -0.519. The highest BCUT2D eigenvalue weighted by Crippen LogP contribution is 2.33. The molecule has 0 atom stereocenters. The number of pyridine rings is 1. The van der Waals surface area contributed by atoms with Crippen LogP contribution in [0.15, 0.2) is 41.5 Å². The van der Waals surface area contributed by atoms with Gasteiger partial charge in [-0.25, -0.2) is 18.1 Å². The fourth-order valence-corrected chi connectivity index (χ4v) is 4.02. The molecule has 1 aliphatic rings. The molecule has 6 nitrogen and oxygen atoms in total. The highest BCUT2D eigenvalue weighted by Gasteiger charge is 2.34. The fraction of sp³-hybridized carbons (Fsp3) is 0.429. The number of hydrogen-bond acceptors (Lipinski definition) is 4. The topological polar surface area (TPSA) is 65.6 Å². The predicted molar refractivity (Wildman–Crippen MR) is 105 cm³/mol. The summed E-state index contributed by atoms with van der Waals surface area (Å²) >= 11 is 0. The molecule has 0 amide bonds. The van der Waals surface area contributed by atoms with Crippen LogP contribution in [0.5, 0.6) is 0 Å². The van der Waals surface area contributed by atoms with Gasteiger partial charge in [0, 0.05) is 18.0 Å². The van der Waals surface area contributed by atoms with Crippen molar-refractivity contribution in [1.29, 1.82) is 0 Å². The van der Waals surface area contributed by atoms with Gasteiger partial charge in [0.05, 0.1) is 17.8 Å². The number of halogens is 5. The summed E-state index contributed by atoms with van der Waals surface area (Å²) < 4.78 is 68.2. The summed E-state index contributed by atoms with van der Waals surface area (Å²) in [5.74, 6) is 0.00163. The highest BCUT2D eigenvalue weighted by molar-refractivity contribution is 5.29. The van der Waals surface area contributed by atoms with Crippen molar-refractivity contribution >= 4 is 0 Å². The Balaban J connectivity index is 1.82. The predicted octanol–water partition coefficient (Wildman–Crippen LogP) is 4.88. The van der Waals surface area contributed by atoms with Gasteiger partial charge in [-0.2, -0.15) is 18.3 Å². The molecule has 0 spiro atoms. The van der Waals surface area contributed by atoms with Crippen LogP contribution in [0.25, 0.3) is 5.82 Å². The Morgan fingerprint density at radius 1 is 1.09 bits per heavy atom. The van der Waals surface area contributed by atoms with Crippen LogP contribution in [0.4, 0.5) is 22.0 Å². The van der Waals surface area contributed by atoms with Gasteiger partial charge in [0.15, 0.2) is 5.82 Å². The molecule has 0 bridgehead atoms. The minimum absolute atomic E-state index is 0.0831. The zero-order valence-electron chi connectivity index (χ0n) is 16.9. The number of hydrogen-bond donors (Lipinski definition) is 0. The number of aromatic nitrogens is 5. The van der Waals surface area contributed by atoms with Gasteiger partial charge < -0.3 is 0 Å². The number of nitrogens with zero attached hydrogens (tertiary/aromatic N) is 5. The maximum absolute atomic E-state index is 13.4. The van der Waals surface area contributed by atoms with Gasteiger partial charge in [0.25, 0.3) is 12.0 Å². The first kappa shape index (κ1) is 22.1. The van der Waals surface area contributed by atoms with E-state index in [0.717, 1.165) is 53.6 Å². The molecule has 1 aliphatic carbocycles. The molecule has 11 heteroatoms. The third-order valence-electron chi connectivity index (χ3n) is 5.60. The average Bonchev–Trinajstić information content (AvgIpc) is 3.26. The quantitative estimate of drug-likeness (QED) is 0.517. The van der Waals surface area contributed by atoms with Crippen LogP contribution in [0.3, 0.4) is 0 Å². The largest absolute Gasteiger partial charge is 0.418 e. The van der Waals surface area contributed by atoms with Crippen LogP contribution in [0.1, 0.15) is 67.0 Å². The van der Waals surface area contributed by atoms with E-state index >= 15 is 0 Å². The van der Waals surface area contributed by atoms with E-state index in [2.05, 4.69) is 15.2 Å². The zero-order valence-corrected chi connectivity index (χ0v) is 16.9. The SMILES string of the molecule is O=c1c(C2CCCCC2)cc(-n2ccc(C(F)F)n2)nn1Cc1ncccc1C(F)(F)F. The summed E-state index contributed by atoms with van der Waals surface area (Å²) in [6, 6.07) is 4.69. The van der Waals surface area contributed by atoms with Gasteiger partial charge >= 0.3 is 6.18 Å². The summed E-state index contributed by atoms with van der Waals surface area (Å²) in [7, 11) is 0. The Morgan fingerprint density at radius 3 is 2.50 bits per heavy atom. The number of rotatable bonds is 5. The molecule has 170 valence electrons. The number of alkyl halides is 5. The lowest BCUT2D eigenvalue weighted by molar-refractivity contribution is -0.138. The second-order valence-corrected chi connectivity index (χ2v) is 7.74. The van der Waals surface area contributed by atoms with Crippen LogP contribution in [-0.2, 0) is 12.7 Å². The van der Waals surface area contributed by atoms with Crippen LogP contribution in [-0.4, -0.2) is 24.5 Å². The highest BCUT2D eigenvalue weighted by atomic mass is 19.4. The normalized spacial score (nSPS) is 15.4. The minimum Gasteiger partial charge on any atom is -0.267 e. The maximum atomic E-state index is 13.4.